The molecule has 9 nitrogen and oxygen atoms in total. The second kappa shape index (κ2) is 8.36. The highest BCUT2D eigenvalue weighted by atomic mass is 16.3. The number of hydrogen-bond acceptors (Lipinski definition) is 7. The summed E-state index contributed by atoms with van der Waals surface area (Å²) < 4.78 is 0. The number of amides is 1. The van der Waals surface area contributed by atoms with E-state index in [4.69, 9.17) is 15.1 Å². The van der Waals surface area contributed by atoms with Gasteiger partial charge in [-0.1, -0.05) is 13.8 Å². The van der Waals surface area contributed by atoms with Crippen LogP contribution in [0.4, 0.5) is 17.6 Å². The number of aromatic amines is 1. The Morgan fingerprint density at radius 1 is 1.34 bits per heavy atom. The molecule has 2 aromatic heterocycles. The van der Waals surface area contributed by atoms with Gasteiger partial charge in [0.2, 0.25) is 11.9 Å². The zero-order chi connectivity index (χ0) is 20.4. The fourth-order valence-corrected chi connectivity index (χ4v) is 4.04. The number of carbonyl (C=O) groups excluding carboxylic acids is 1. The zero-order valence-electron chi connectivity index (χ0n) is 17.0. The molecule has 3 heterocycles. The van der Waals surface area contributed by atoms with Crippen LogP contribution < -0.4 is 15.5 Å². The van der Waals surface area contributed by atoms with Crippen LogP contribution in [0.25, 0.3) is 0 Å². The average Bonchev–Trinajstić information content (AvgIpc) is 3.45. The Kier molecular flexibility index (Phi) is 5.66. The largest absolute Gasteiger partial charge is 0.395 e. The van der Waals surface area contributed by atoms with E-state index in [2.05, 4.69) is 34.7 Å². The molecule has 1 aliphatic carbocycles. The topological polar surface area (TPSA) is 119 Å². The lowest BCUT2D eigenvalue weighted by Gasteiger charge is -2.25. The Labute approximate surface area is 170 Å². The van der Waals surface area contributed by atoms with Crippen LogP contribution in [0.2, 0.25) is 0 Å². The van der Waals surface area contributed by atoms with Gasteiger partial charge in [-0.3, -0.25) is 9.89 Å². The molecule has 2 aliphatic rings. The second-order valence-corrected chi connectivity index (χ2v) is 8.01. The van der Waals surface area contributed by atoms with Crippen molar-refractivity contribution in [1.29, 1.82) is 0 Å². The van der Waals surface area contributed by atoms with E-state index in [1.165, 1.54) is 0 Å². The Hall–Kier alpha value is -2.68. The molecule has 1 amide bonds. The van der Waals surface area contributed by atoms with Crippen LogP contribution in [0.15, 0.2) is 6.07 Å². The SMILES string of the molecule is CC(C)c1cc(Nc2nc(N3CCC[C@@H]3C(=O)NCCO)nc3c2CCC3)n[nH]1. The molecule has 0 radical (unpaired) electrons. The first-order valence-corrected chi connectivity index (χ1v) is 10.4. The molecule has 1 fully saturated rings. The van der Waals surface area contributed by atoms with Crippen LogP contribution in [-0.2, 0) is 17.6 Å². The number of aromatic nitrogens is 4. The number of aryl methyl sites for hydroxylation is 1. The number of aliphatic hydroxyl groups is 1. The van der Waals surface area contributed by atoms with Gasteiger partial charge < -0.3 is 20.6 Å². The predicted octanol–water partition coefficient (Wildman–Crippen LogP) is 1.63. The van der Waals surface area contributed by atoms with Crippen molar-refractivity contribution in [2.45, 2.75) is 57.9 Å². The fourth-order valence-electron chi connectivity index (χ4n) is 4.04. The highest BCUT2D eigenvalue weighted by molar-refractivity contribution is 5.85. The lowest BCUT2D eigenvalue weighted by atomic mass is 10.1. The number of nitrogens with zero attached hydrogens (tertiary/aromatic N) is 4. The van der Waals surface area contributed by atoms with Crippen LogP contribution in [0, 0.1) is 0 Å². The van der Waals surface area contributed by atoms with E-state index in [0.29, 0.717) is 11.9 Å². The van der Waals surface area contributed by atoms with Crippen LogP contribution in [0.1, 0.15) is 56.0 Å². The number of carbonyl (C=O) groups is 1. The summed E-state index contributed by atoms with van der Waals surface area (Å²) in [5.41, 5.74) is 3.26. The van der Waals surface area contributed by atoms with Gasteiger partial charge in [0.15, 0.2) is 5.82 Å². The van der Waals surface area contributed by atoms with Crippen molar-refractivity contribution < 1.29 is 9.90 Å². The summed E-state index contributed by atoms with van der Waals surface area (Å²) in [5.74, 6) is 2.41. The molecule has 9 heteroatoms. The van der Waals surface area contributed by atoms with E-state index < -0.39 is 0 Å². The van der Waals surface area contributed by atoms with E-state index in [-0.39, 0.29) is 25.1 Å². The molecule has 4 rings (SSSR count). The minimum absolute atomic E-state index is 0.0656. The monoisotopic (exact) mass is 399 g/mol. The predicted molar refractivity (Wildman–Crippen MR) is 110 cm³/mol. The van der Waals surface area contributed by atoms with Crippen LogP contribution in [0.5, 0.6) is 0 Å². The second-order valence-electron chi connectivity index (χ2n) is 8.01. The molecule has 29 heavy (non-hydrogen) atoms. The number of nitrogens with one attached hydrogen (secondary N) is 3. The first-order valence-electron chi connectivity index (χ1n) is 10.4. The molecular formula is C20H29N7O2. The third-order valence-electron chi connectivity index (χ3n) is 5.61. The maximum absolute atomic E-state index is 12.5. The molecule has 0 bridgehead atoms. The number of rotatable bonds is 7. The molecule has 1 saturated heterocycles. The zero-order valence-corrected chi connectivity index (χ0v) is 17.0. The van der Waals surface area contributed by atoms with Crippen LogP contribution in [-0.4, -0.2) is 56.9 Å². The summed E-state index contributed by atoms with van der Waals surface area (Å²) in [6.45, 7) is 5.18. The molecular weight excluding hydrogens is 370 g/mol. The average molecular weight is 399 g/mol. The van der Waals surface area contributed by atoms with E-state index >= 15 is 0 Å². The van der Waals surface area contributed by atoms with Crippen molar-refractivity contribution in [3.63, 3.8) is 0 Å². The standard InChI is InChI=1S/C20H29N7O2/c1-12(2)15-11-17(26-25-15)23-18-13-5-3-6-14(13)22-20(24-18)27-9-4-7-16(27)19(29)21-8-10-28/h11-12,16,28H,3-10H2,1-2H3,(H,21,29)(H2,22,23,24,25,26)/t16-/m1/s1. The summed E-state index contributed by atoms with van der Waals surface area (Å²) in [7, 11) is 0. The first-order chi connectivity index (χ1) is 14.1. The maximum atomic E-state index is 12.5. The van der Waals surface area contributed by atoms with E-state index in [1.54, 1.807) is 0 Å². The van der Waals surface area contributed by atoms with Gasteiger partial charge in [0, 0.05) is 30.4 Å². The normalized spacial score (nSPS) is 18.3. The lowest BCUT2D eigenvalue weighted by molar-refractivity contribution is -0.122. The lowest BCUT2D eigenvalue weighted by Crippen LogP contribution is -2.44. The van der Waals surface area contributed by atoms with Gasteiger partial charge in [0.25, 0.3) is 0 Å². The van der Waals surface area contributed by atoms with Crippen molar-refractivity contribution in [2.24, 2.45) is 0 Å². The minimum atomic E-state index is -0.299. The number of hydrogen-bond donors (Lipinski definition) is 4. The summed E-state index contributed by atoms with van der Waals surface area (Å²) in [6, 6.07) is 1.71. The Bertz CT molecular complexity index is 880. The molecule has 4 N–H and O–H groups in total. The van der Waals surface area contributed by atoms with Gasteiger partial charge in [-0.15, -0.1) is 0 Å². The van der Waals surface area contributed by atoms with Crippen molar-refractivity contribution in [3.05, 3.63) is 23.0 Å². The van der Waals surface area contributed by atoms with Crippen molar-refractivity contribution in [1.82, 2.24) is 25.5 Å². The van der Waals surface area contributed by atoms with E-state index in [0.717, 1.165) is 67.2 Å². The summed E-state index contributed by atoms with van der Waals surface area (Å²) in [6.07, 6.45) is 4.60. The third-order valence-corrected chi connectivity index (χ3v) is 5.61. The maximum Gasteiger partial charge on any atom is 0.242 e. The van der Waals surface area contributed by atoms with E-state index in [9.17, 15) is 4.79 Å². The number of fused-ring (bicyclic) bond motifs is 1. The van der Waals surface area contributed by atoms with Gasteiger partial charge in [-0.05, 0) is 38.0 Å². The quantitative estimate of drug-likeness (QED) is 0.559. The number of aliphatic hydroxyl groups excluding tert-OH is 1. The first kappa shape index (κ1) is 19.6. The number of H-pyrrole nitrogens is 1. The van der Waals surface area contributed by atoms with Crippen molar-refractivity contribution in [3.8, 4) is 0 Å². The van der Waals surface area contributed by atoms with E-state index in [1.807, 2.05) is 11.0 Å². The summed E-state index contributed by atoms with van der Waals surface area (Å²) in [4.78, 5) is 24.1. The molecule has 0 unspecified atom stereocenters. The van der Waals surface area contributed by atoms with Crippen molar-refractivity contribution in [2.75, 3.05) is 29.9 Å². The summed E-state index contributed by atoms with van der Waals surface area (Å²) in [5, 5.41) is 22.6. The van der Waals surface area contributed by atoms with Gasteiger partial charge in [0.1, 0.15) is 11.9 Å². The van der Waals surface area contributed by atoms with Gasteiger partial charge >= 0.3 is 0 Å². The fraction of sp³-hybridized carbons (Fsp3) is 0.600. The molecule has 0 spiro atoms. The van der Waals surface area contributed by atoms with Gasteiger partial charge in [0.05, 0.1) is 12.3 Å². The summed E-state index contributed by atoms with van der Waals surface area (Å²) >= 11 is 0. The Balaban J connectivity index is 1.61. The molecule has 156 valence electrons. The smallest absolute Gasteiger partial charge is 0.242 e. The highest BCUT2D eigenvalue weighted by Gasteiger charge is 2.33. The minimum Gasteiger partial charge on any atom is -0.395 e. The Morgan fingerprint density at radius 2 is 2.21 bits per heavy atom. The molecule has 1 aliphatic heterocycles. The molecule has 2 aromatic rings. The highest BCUT2D eigenvalue weighted by Crippen LogP contribution is 2.32. The van der Waals surface area contributed by atoms with Gasteiger partial charge in [-0.2, -0.15) is 10.1 Å². The Morgan fingerprint density at radius 3 is 2.97 bits per heavy atom. The molecule has 0 saturated carbocycles. The molecule has 0 aromatic carbocycles. The van der Waals surface area contributed by atoms with Gasteiger partial charge in [-0.25, -0.2) is 4.98 Å². The van der Waals surface area contributed by atoms with Crippen LogP contribution in [0.3, 0.4) is 0 Å². The van der Waals surface area contributed by atoms with Crippen molar-refractivity contribution >= 4 is 23.5 Å². The molecule has 1 atom stereocenters. The third kappa shape index (κ3) is 4.05. The number of anilines is 3. The van der Waals surface area contributed by atoms with Crippen LogP contribution >= 0.6 is 0 Å².